The maximum atomic E-state index is 9.16. The van der Waals surface area contributed by atoms with Crippen LogP contribution in [0.15, 0.2) is 24.3 Å². The average molecular weight is 294 g/mol. The summed E-state index contributed by atoms with van der Waals surface area (Å²) < 4.78 is 5.61. The van der Waals surface area contributed by atoms with Crippen LogP contribution in [0.25, 0.3) is 0 Å². The van der Waals surface area contributed by atoms with Crippen molar-refractivity contribution in [2.24, 2.45) is 0 Å². The number of hydrogen-bond donors (Lipinski definition) is 2. The van der Waals surface area contributed by atoms with Crippen molar-refractivity contribution in [2.45, 2.75) is 64.2 Å². The lowest BCUT2D eigenvalue weighted by molar-refractivity contribution is 0.282. The summed E-state index contributed by atoms with van der Waals surface area (Å²) in [4.78, 5) is 0. The maximum absolute atomic E-state index is 9.16. The molecule has 0 spiro atoms. The summed E-state index contributed by atoms with van der Waals surface area (Å²) in [6.07, 6.45) is 12.3. The van der Waals surface area contributed by atoms with E-state index in [1.165, 1.54) is 51.4 Å². The topological polar surface area (TPSA) is 49.7 Å². The summed E-state index contributed by atoms with van der Waals surface area (Å²) in [7, 11) is 0. The first-order chi connectivity index (χ1) is 10.3. The predicted octanol–water partition coefficient (Wildman–Crippen LogP) is 4.66. The second-order valence-corrected chi connectivity index (χ2v) is 5.60. The fourth-order valence-corrected chi connectivity index (χ4v) is 2.36. The van der Waals surface area contributed by atoms with Gasteiger partial charge in [-0.15, -0.1) is 0 Å². The Hall–Kier alpha value is -1.22. The number of hydrogen-bond acceptors (Lipinski definition) is 3. The summed E-state index contributed by atoms with van der Waals surface area (Å²) in [6, 6.07) is 6.89. The third kappa shape index (κ3) is 10.2. The number of rotatable bonds is 13. The van der Waals surface area contributed by atoms with E-state index < -0.39 is 0 Å². The van der Waals surface area contributed by atoms with Gasteiger partial charge >= 0.3 is 0 Å². The number of ether oxygens (including phenoxy) is 1. The molecule has 0 aliphatic carbocycles. The first-order valence-corrected chi connectivity index (χ1v) is 8.35. The Balaban J connectivity index is 1.81. The molecule has 2 N–H and O–H groups in total. The van der Waals surface area contributed by atoms with Crippen LogP contribution in [0.1, 0.15) is 64.2 Å². The van der Waals surface area contributed by atoms with Crippen molar-refractivity contribution in [3.8, 4) is 11.5 Å². The molecule has 0 radical (unpaired) electrons. The molecule has 0 saturated heterocycles. The molecule has 0 atom stereocenters. The normalized spacial score (nSPS) is 10.7. The minimum atomic E-state index is 0.277. The van der Waals surface area contributed by atoms with E-state index in [1.54, 1.807) is 24.3 Å². The third-order valence-corrected chi connectivity index (χ3v) is 3.66. The monoisotopic (exact) mass is 294 g/mol. The predicted molar refractivity (Wildman–Crippen MR) is 86.9 cm³/mol. The van der Waals surface area contributed by atoms with Crippen LogP contribution in [0.4, 0.5) is 0 Å². The number of aromatic hydroxyl groups is 1. The third-order valence-electron chi connectivity index (χ3n) is 3.66. The highest BCUT2D eigenvalue weighted by Crippen LogP contribution is 2.16. The molecular formula is C18H30O3. The van der Waals surface area contributed by atoms with Gasteiger partial charge in [-0.25, -0.2) is 0 Å². The van der Waals surface area contributed by atoms with E-state index >= 15 is 0 Å². The van der Waals surface area contributed by atoms with Crippen molar-refractivity contribution in [1.82, 2.24) is 0 Å². The summed E-state index contributed by atoms with van der Waals surface area (Å²) in [6.45, 7) is 1.10. The molecule has 0 amide bonds. The molecule has 0 aromatic heterocycles. The van der Waals surface area contributed by atoms with Crippen molar-refractivity contribution in [1.29, 1.82) is 0 Å². The SMILES string of the molecule is OCCCCCCCCCCCCOc1ccc(O)cc1. The van der Waals surface area contributed by atoms with E-state index in [1.807, 2.05) is 0 Å². The summed E-state index contributed by atoms with van der Waals surface area (Å²) in [5.41, 5.74) is 0. The van der Waals surface area contributed by atoms with Gasteiger partial charge in [0.15, 0.2) is 0 Å². The van der Waals surface area contributed by atoms with Gasteiger partial charge < -0.3 is 14.9 Å². The molecule has 3 nitrogen and oxygen atoms in total. The van der Waals surface area contributed by atoms with Crippen LogP contribution < -0.4 is 4.74 Å². The number of aliphatic hydroxyl groups excluding tert-OH is 1. The molecule has 0 bridgehead atoms. The highest BCUT2D eigenvalue weighted by molar-refractivity contribution is 5.29. The fourth-order valence-electron chi connectivity index (χ4n) is 2.36. The van der Waals surface area contributed by atoms with Gasteiger partial charge in [-0.2, -0.15) is 0 Å². The highest BCUT2D eigenvalue weighted by Gasteiger charge is 1.95. The number of phenolic OH excluding ortho intramolecular Hbond substituents is 1. The van der Waals surface area contributed by atoms with E-state index in [2.05, 4.69) is 0 Å². The van der Waals surface area contributed by atoms with Gasteiger partial charge in [0.25, 0.3) is 0 Å². The number of benzene rings is 1. The molecule has 120 valence electrons. The number of aliphatic hydroxyl groups is 1. The first kappa shape index (κ1) is 17.8. The molecule has 0 saturated carbocycles. The second kappa shape index (κ2) is 12.5. The van der Waals surface area contributed by atoms with E-state index in [0.717, 1.165) is 25.2 Å². The maximum Gasteiger partial charge on any atom is 0.119 e. The number of unbranched alkanes of at least 4 members (excludes halogenated alkanes) is 9. The molecule has 1 rings (SSSR count). The zero-order chi connectivity index (χ0) is 15.2. The van der Waals surface area contributed by atoms with Crippen molar-refractivity contribution in [2.75, 3.05) is 13.2 Å². The summed E-state index contributed by atoms with van der Waals surface area (Å²) >= 11 is 0. The van der Waals surface area contributed by atoms with Gasteiger partial charge in [-0.05, 0) is 37.1 Å². The Bertz CT molecular complexity index is 335. The molecule has 1 aromatic rings. The van der Waals surface area contributed by atoms with E-state index in [4.69, 9.17) is 14.9 Å². The Labute approximate surface area is 129 Å². The molecule has 1 aromatic carbocycles. The van der Waals surface area contributed by atoms with Crippen molar-refractivity contribution in [3.05, 3.63) is 24.3 Å². The van der Waals surface area contributed by atoms with Gasteiger partial charge in [0.2, 0.25) is 0 Å². The molecule has 0 unspecified atom stereocenters. The van der Waals surface area contributed by atoms with E-state index in [0.29, 0.717) is 6.61 Å². The standard InChI is InChI=1S/C18H30O3/c19-15-9-7-5-3-1-2-4-6-8-10-16-21-18-13-11-17(20)12-14-18/h11-14,19-20H,1-10,15-16H2. The van der Waals surface area contributed by atoms with Gasteiger partial charge in [0.05, 0.1) is 6.61 Å². The van der Waals surface area contributed by atoms with Gasteiger partial charge in [-0.1, -0.05) is 51.4 Å². The molecule has 3 heteroatoms. The lowest BCUT2D eigenvalue weighted by atomic mass is 10.1. The Morgan fingerprint density at radius 1 is 0.667 bits per heavy atom. The molecule has 0 aliphatic rings. The zero-order valence-electron chi connectivity index (χ0n) is 13.1. The van der Waals surface area contributed by atoms with E-state index in [-0.39, 0.29) is 5.75 Å². The van der Waals surface area contributed by atoms with Crippen LogP contribution in [0.3, 0.4) is 0 Å². The quantitative estimate of drug-likeness (QED) is 0.520. The molecule has 0 fully saturated rings. The van der Waals surface area contributed by atoms with Gasteiger partial charge in [-0.3, -0.25) is 0 Å². The number of phenols is 1. The van der Waals surface area contributed by atoms with Crippen molar-refractivity contribution >= 4 is 0 Å². The Kier molecular flexibility index (Phi) is 10.6. The lowest BCUT2D eigenvalue weighted by Crippen LogP contribution is -1.96. The first-order valence-electron chi connectivity index (χ1n) is 8.35. The lowest BCUT2D eigenvalue weighted by Gasteiger charge is -2.06. The zero-order valence-corrected chi connectivity index (χ0v) is 13.1. The van der Waals surface area contributed by atoms with Crippen molar-refractivity contribution in [3.63, 3.8) is 0 Å². The smallest absolute Gasteiger partial charge is 0.119 e. The minimum absolute atomic E-state index is 0.277. The van der Waals surface area contributed by atoms with Crippen molar-refractivity contribution < 1.29 is 14.9 Å². The largest absolute Gasteiger partial charge is 0.508 e. The summed E-state index contributed by atoms with van der Waals surface area (Å²) in [5, 5.41) is 17.8. The minimum Gasteiger partial charge on any atom is -0.508 e. The molecule has 21 heavy (non-hydrogen) atoms. The molecule has 0 heterocycles. The van der Waals surface area contributed by atoms with Crippen LogP contribution in [-0.2, 0) is 0 Å². The fraction of sp³-hybridized carbons (Fsp3) is 0.667. The molecular weight excluding hydrogens is 264 g/mol. The summed E-state index contributed by atoms with van der Waals surface area (Å²) in [5.74, 6) is 1.11. The van der Waals surface area contributed by atoms with Crippen LogP contribution >= 0.6 is 0 Å². The highest BCUT2D eigenvalue weighted by atomic mass is 16.5. The second-order valence-electron chi connectivity index (χ2n) is 5.60. The van der Waals surface area contributed by atoms with Crippen LogP contribution in [0, 0.1) is 0 Å². The Morgan fingerprint density at radius 2 is 1.14 bits per heavy atom. The van der Waals surface area contributed by atoms with E-state index in [9.17, 15) is 0 Å². The Morgan fingerprint density at radius 3 is 1.67 bits per heavy atom. The van der Waals surface area contributed by atoms with Gasteiger partial charge in [0.1, 0.15) is 11.5 Å². The van der Waals surface area contributed by atoms with Crippen LogP contribution in [-0.4, -0.2) is 23.4 Å². The van der Waals surface area contributed by atoms with Crippen LogP contribution in [0.2, 0.25) is 0 Å². The van der Waals surface area contributed by atoms with Crippen LogP contribution in [0.5, 0.6) is 11.5 Å². The molecule has 0 aliphatic heterocycles. The van der Waals surface area contributed by atoms with Gasteiger partial charge in [0, 0.05) is 6.61 Å². The average Bonchev–Trinajstić information content (AvgIpc) is 2.50.